The smallest absolute Gasteiger partial charge is 0.242 e. The molecule has 2 amide bonds. The predicted molar refractivity (Wildman–Crippen MR) is 108 cm³/mol. The fourth-order valence-corrected chi connectivity index (χ4v) is 2.79. The van der Waals surface area contributed by atoms with Gasteiger partial charge < -0.3 is 10.6 Å². The molecule has 0 saturated heterocycles. The van der Waals surface area contributed by atoms with Crippen molar-refractivity contribution in [3.8, 4) is 0 Å². The molecule has 0 radical (unpaired) electrons. The van der Waals surface area contributed by atoms with E-state index in [0.29, 0.717) is 6.54 Å². The lowest BCUT2D eigenvalue weighted by atomic mass is 9.98. The van der Waals surface area contributed by atoms with E-state index in [-0.39, 0.29) is 24.4 Å². The molecule has 2 aromatic rings. The van der Waals surface area contributed by atoms with Gasteiger partial charge in [-0.2, -0.15) is 0 Å². The van der Waals surface area contributed by atoms with Gasteiger partial charge in [-0.15, -0.1) is 0 Å². The third-order valence-corrected chi connectivity index (χ3v) is 4.33. The molecule has 0 heterocycles. The van der Waals surface area contributed by atoms with E-state index in [0.717, 1.165) is 17.5 Å². The van der Waals surface area contributed by atoms with Crippen LogP contribution in [-0.2, 0) is 9.59 Å². The minimum Gasteiger partial charge on any atom is -0.354 e. The Bertz CT molecular complexity index is 729. The van der Waals surface area contributed by atoms with Crippen molar-refractivity contribution in [2.24, 2.45) is 0 Å². The summed E-state index contributed by atoms with van der Waals surface area (Å²) in [6.45, 7) is 6.46. The van der Waals surface area contributed by atoms with Gasteiger partial charge in [-0.1, -0.05) is 67.1 Å². The predicted octanol–water partition coefficient (Wildman–Crippen LogP) is 2.70. The molecule has 0 aliphatic rings. The highest BCUT2D eigenvalue weighted by atomic mass is 16.2. The summed E-state index contributed by atoms with van der Waals surface area (Å²) >= 11 is 0. The summed E-state index contributed by atoms with van der Waals surface area (Å²) in [6, 6.07) is 17.6. The van der Waals surface area contributed by atoms with Gasteiger partial charge in [-0.25, -0.2) is 0 Å². The Morgan fingerprint density at radius 1 is 0.963 bits per heavy atom. The lowest BCUT2D eigenvalue weighted by molar-refractivity contribution is -0.128. The van der Waals surface area contributed by atoms with Crippen molar-refractivity contribution in [1.29, 1.82) is 0 Å². The molecule has 0 spiro atoms. The first-order valence-electron chi connectivity index (χ1n) is 9.43. The van der Waals surface area contributed by atoms with E-state index in [9.17, 15) is 9.59 Å². The second-order valence-corrected chi connectivity index (χ2v) is 6.72. The Morgan fingerprint density at radius 3 is 2.22 bits per heavy atom. The standard InChI is InChI=1S/C22H29N3O2/c1-4-14-23-22(27)17(3)25-20(26)15-24-21(18-8-6-5-7-9-18)19-12-10-16(2)11-13-19/h5-13,17,21,24H,4,14-15H2,1-3H3,(H,23,27)(H,25,26)/t17-,21-/m1/s1. The van der Waals surface area contributed by atoms with Crippen molar-refractivity contribution in [1.82, 2.24) is 16.0 Å². The average Bonchev–Trinajstić information content (AvgIpc) is 2.68. The maximum atomic E-state index is 12.3. The van der Waals surface area contributed by atoms with Crippen LogP contribution in [0.25, 0.3) is 0 Å². The van der Waals surface area contributed by atoms with E-state index in [1.165, 1.54) is 5.56 Å². The van der Waals surface area contributed by atoms with Gasteiger partial charge in [0.1, 0.15) is 6.04 Å². The van der Waals surface area contributed by atoms with Crippen molar-refractivity contribution in [2.45, 2.75) is 39.3 Å². The van der Waals surface area contributed by atoms with Crippen LogP contribution in [0.1, 0.15) is 43.0 Å². The third-order valence-electron chi connectivity index (χ3n) is 4.33. The van der Waals surface area contributed by atoms with Crippen molar-refractivity contribution in [2.75, 3.05) is 13.1 Å². The Balaban J connectivity index is 2.00. The van der Waals surface area contributed by atoms with Crippen LogP contribution in [0, 0.1) is 6.92 Å². The first-order valence-corrected chi connectivity index (χ1v) is 9.43. The number of amides is 2. The summed E-state index contributed by atoms with van der Waals surface area (Å²) in [6.07, 6.45) is 0.864. The van der Waals surface area contributed by atoms with Crippen LogP contribution in [0.15, 0.2) is 54.6 Å². The number of hydrogen-bond acceptors (Lipinski definition) is 3. The van der Waals surface area contributed by atoms with E-state index in [2.05, 4.69) is 40.2 Å². The van der Waals surface area contributed by atoms with Gasteiger partial charge in [0.05, 0.1) is 12.6 Å². The van der Waals surface area contributed by atoms with Crippen molar-refractivity contribution < 1.29 is 9.59 Å². The van der Waals surface area contributed by atoms with Gasteiger partial charge in [0.25, 0.3) is 0 Å². The van der Waals surface area contributed by atoms with Crippen LogP contribution in [0.2, 0.25) is 0 Å². The molecule has 2 aromatic carbocycles. The fourth-order valence-electron chi connectivity index (χ4n) is 2.79. The summed E-state index contributed by atoms with van der Waals surface area (Å²) in [4.78, 5) is 24.2. The van der Waals surface area contributed by atoms with E-state index in [1.807, 2.05) is 44.2 Å². The summed E-state index contributed by atoms with van der Waals surface area (Å²) in [5, 5.41) is 8.84. The quantitative estimate of drug-likeness (QED) is 0.638. The summed E-state index contributed by atoms with van der Waals surface area (Å²) in [5.74, 6) is -0.370. The highest BCUT2D eigenvalue weighted by Gasteiger charge is 2.18. The molecule has 0 unspecified atom stereocenters. The van der Waals surface area contributed by atoms with Crippen LogP contribution in [0.5, 0.6) is 0 Å². The zero-order valence-electron chi connectivity index (χ0n) is 16.3. The van der Waals surface area contributed by atoms with Gasteiger partial charge >= 0.3 is 0 Å². The molecule has 144 valence electrons. The molecule has 0 fully saturated rings. The highest BCUT2D eigenvalue weighted by Crippen LogP contribution is 2.22. The van der Waals surface area contributed by atoms with Gasteiger partial charge in [-0.3, -0.25) is 14.9 Å². The SMILES string of the molecule is CCCNC(=O)[C@@H](C)NC(=O)CN[C@H](c1ccccc1)c1ccc(C)cc1. The van der Waals surface area contributed by atoms with Crippen LogP contribution >= 0.6 is 0 Å². The number of hydrogen-bond donors (Lipinski definition) is 3. The fraction of sp³-hybridized carbons (Fsp3) is 0.364. The van der Waals surface area contributed by atoms with Crippen LogP contribution < -0.4 is 16.0 Å². The lowest BCUT2D eigenvalue weighted by Gasteiger charge is -2.21. The molecule has 3 N–H and O–H groups in total. The van der Waals surface area contributed by atoms with E-state index in [1.54, 1.807) is 6.92 Å². The molecule has 0 bridgehead atoms. The van der Waals surface area contributed by atoms with E-state index in [4.69, 9.17) is 0 Å². The third kappa shape index (κ3) is 6.53. The maximum absolute atomic E-state index is 12.3. The molecule has 0 aliphatic heterocycles. The number of carbonyl (C=O) groups excluding carboxylic acids is 2. The van der Waals surface area contributed by atoms with Crippen molar-refractivity contribution in [3.63, 3.8) is 0 Å². The van der Waals surface area contributed by atoms with Gasteiger partial charge in [0.15, 0.2) is 0 Å². The van der Waals surface area contributed by atoms with Crippen LogP contribution in [0.3, 0.4) is 0 Å². The molecule has 0 saturated carbocycles. The molecular weight excluding hydrogens is 338 g/mol. The minimum absolute atomic E-state index is 0.0956. The number of rotatable bonds is 9. The number of nitrogens with one attached hydrogen (secondary N) is 3. The highest BCUT2D eigenvalue weighted by molar-refractivity contribution is 5.87. The largest absolute Gasteiger partial charge is 0.354 e. The minimum atomic E-state index is -0.555. The Kier molecular flexibility index (Phi) is 8.01. The Morgan fingerprint density at radius 2 is 1.59 bits per heavy atom. The number of carbonyl (C=O) groups is 2. The number of benzene rings is 2. The van der Waals surface area contributed by atoms with Crippen LogP contribution in [0.4, 0.5) is 0 Å². The first-order chi connectivity index (χ1) is 13.0. The summed E-state index contributed by atoms with van der Waals surface area (Å²) < 4.78 is 0. The molecule has 5 heteroatoms. The van der Waals surface area contributed by atoms with Crippen molar-refractivity contribution >= 4 is 11.8 Å². The molecule has 27 heavy (non-hydrogen) atoms. The molecule has 0 aromatic heterocycles. The Labute approximate surface area is 161 Å². The van der Waals surface area contributed by atoms with Crippen LogP contribution in [-0.4, -0.2) is 30.9 Å². The van der Waals surface area contributed by atoms with Gasteiger partial charge in [0.2, 0.25) is 11.8 Å². The summed E-state index contributed by atoms with van der Waals surface area (Å²) in [5.41, 5.74) is 3.37. The normalized spacial score (nSPS) is 12.9. The summed E-state index contributed by atoms with van der Waals surface area (Å²) in [7, 11) is 0. The average molecular weight is 367 g/mol. The number of aryl methyl sites for hydroxylation is 1. The molecule has 2 rings (SSSR count). The van der Waals surface area contributed by atoms with Gasteiger partial charge in [-0.05, 0) is 31.4 Å². The van der Waals surface area contributed by atoms with Gasteiger partial charge in [0, 0.05) is 6.54 Å². The topological polar surface area (TPSA) is 70.2 Å². The second-order valence-electron chi connectivity index (χ2n) is 6.72. The van der Waals surface area contributed by atoms with E-state index >= 15 is 0 Å². The first kappa shape index (κ1) is 20.6. The maximum Gasteiger partial charge on any atom is 0.242 e. The zero-order valence-corrected chi connectivity index (χ0v) is 16.3. The molecule has 0 aliphatic carbocycles. The molecule has 2 atom stereocenters. The molecular formula is C22H29N3O2. The van der Waals surface area contributed by atoms with E-state index < -0.39 is 6.04 Å². The zero-order chi connectivity index (χ0) is 19.6. The monoisotopic (exact) mass is 367 g/mol. The lowest BCUT2D eigenvalue weighted by Crippen LogP contribution is -2.47. The van der Waals surface area contributed by atoms with Crippen molar-refractivity contribution in [3.05, 3.63) is 71.3 Å². The second kappa shape index (κ2) is 10.5. The Hall–Kier alpha value is -2.66. The molecule has 5 nitrogen and oxygen atoms in total.